The van der Waals surface area contributed by atoms with Gasteiger partial charge < -0.3 is 9.47 Å². The Balaban J connectivity index is 2.52. The smallest absolute Gasteiger partial charge is 0.306 e. The van der Waals surface area contributed by atoms with Gasteiger partial charge in [-0.15, -0.1) is 0 Å². The minimum absolute atomic E-state index is 0.103. The fourth-order valence-corrected chi connectivity index (χ4v) is 2.07. The van der Waals surface area contributed by atoms with Crippen LogP contribution in [0.1, 0.15) is 43.0 Å². The second-order valence-corrected chi connectivity index (χ2v) is 5.20. The van der Waals surface area contributed by atoms with Gasteiger partial charge >= 0.3 is 5.97 Å². The zero-order chi connectivity index (χ0) is 15.0. The Morgan fingerprint density at radius 1 is 1.25 bits per heavy atom. The van der Waals surface area contributed by atoms with Gasteiger partial charge in [0.1, 0.15) is 5.75 Å². The molecule has 0 atom stereocenters. The highest BCUT2D eigenvalue weighted by molar-refractivity contribution is 9.10. The van der Waals surface area contributed by atoms with Crippen molar-refractivity contribution < 1.29 is 19.1 Å². The maximum Gasteiger partial charge on any atom is 0.306 e. The molecule has 0 bridgehead atoms. The number of hydrogen-bond donors (Lipinski definition) is 0. The lowest BCUT2D eigenvalue weighted by atomic mass is 10.1. The average molecular weight is 343 g/mol. The van der Waals surface area contributed by atoms with Crippen molar-refractivity contribution in [1.82, 2.24) is 0 Å². The number of hydrogen-bond acceptors (Lipinski definition) is 4. The lowest BCUT2D eigenvalue weighted by Gasteiger charge is -2.07. The number of rotatable bonds is 8. The number of unbranched alkanes of at least 4 members (excludes halogenated alkanes) is 1. The Morgan fingerprint density at radius 2 is 2.00 bits per heavy atom. The molecule has 0 unspecified atom stereocenters. The maximum atomic E-state index is 12.1. The number of carbonyl (C=O) groups excluding carboxylic acids is 2. The van der Waals surface area contributed by atoms with Crippen molar-refractivity contribution in [2.24, 2.45) is 0 Å². The second-order valence-electron chi connectivity index (χ2n) is 4.34. The topological polar surface area (TPSA) is 52.6 Å². The summed E-state index contributed by atoms with van der Waals surface area (Å²) in [5.41, 5.74) is 0.519. The van der Waals surface area contributed by atoms with Crippen LogP contribution in [0.25, 0.3) is 0 Å². The minimum Gasteiger partial charge on any atom is -0.497 e. The van der Waals surface area contributed by atoms with Crippen molar-refractivity contribution in [2.45, 2.75) is 32.6 Å². The third-order valence-electron chi connectivity index (χ3n) is 2.79. The Labute approximate surface area is 127 Å². The van der Waals surface area contributed by atoms with Crippen LogP contribution in [-0.2, 0) is 9.53 Å². The number of esters is 1. The first-order valence-corrected chi connectivity index (χ1v) is 7.40. The van der Waals surface area contributed by atoms with Crippen molar-refractivity contribution >= 4 is 27.7 Å². The summed E-state index contributed by atoms with van der Waals surface area (Å²) in [5, 5.41) is 0. The Morgan fingerprint density at radius 3 is 2.65 bits per heavy atom. The first-order chi connectivity index (χ1) is 9.58. The van der Waals surface area contributed by atoms with Gasteiger partial charge in [-0.2, -0.15) is 0 Å². The van der Waals surface area contributed by atoms with Gasteiger partial charge in [-0.05, 0) is 24.6 Å². The van der Waals surface area contributed by atoms with E-state index in [0.717, 1.165) is 12.8 Å². The quantitative estimate of drug-likeness (QED) is 0.410. The molecular formula is C15H19BrO4. The Hall–Kier alpha value is -1.36. The molecule has 1 aromatic carbocycles. The SMILES string of the molecule is CCCCOC(=O)CCC(=O)c1cc(OC)ccc1Br. The van der Waals surface area contributed by atoms with Gasteiger partial charge in [0.15, 0.2) is 5.78 Å². The summed E-state index contributed by atoms with van der Waals surface area (Å²) < 4.78 is 10.8. The normalized spacial score (nSPS) is 10.2. The molecule has 0 aliphatic heterocycles. The third kappa shape index (κ3) is 5.33. The zero-order valence-corrected chi connectivity index (χ0v) is 13.4. The van der Waals surface area contributed by atoms with E-state index in [2.05, 4.69) is 15.9 Å². The molecule has 0 aliphatic carbocycles. The number of halogens is 1. The number of Topliss-reactive ketones (excluding diaryl/α,β-unsaturated/α-hetero) is 1. The van der Waals surface area contributed by atoms with E-state index in [1.165, 1.54) is 0 Å². The largest absolute Gasteiger partial charge is 0.497 e. The molecule has 0 spiro atoms. The van der Waals surface area contributed by atoms with Gasteiger partial charge in [0, 0.05) is 16.5 Å². The summed E-state index contributed by atoms with van der Waals surface area (Å²) in [6, 6.07) is 5.18. The molecule has 0 heterocycles. The molecule has 0 aromatic heterocycles. The molecule has 0 aliphatic rings. The minimum atomic E-state index is -0.328. The van der Waals surface area contributed by atoms with E-state index < -0.39 is 0 Å². The molecule has 110 valence electrons. The zero-order valence-electron chi connectivity index (χ0n) is 11.8. The molecule has 4 nitrogen and oxygen atoms in total. The third-order valence-corrected chi connectivity index (χ3v) is 3.48. The average Bonchev–Trinajstić information content (AvgIpc) is 2.45. The fraction of sp³-hybridized carbons (Fsp3) is 0.467. The van der Waals surface area contributed by atoms with E-state index in [9.17, 15) is 9.59 Å². The van der Waals surface area contributed by atoms with E-state index >= 15 is 0 Å². The monoisotopic (exact) mass is 342 g/mol. The van der Waals surface area contributed by atoms with Gasteiger partial charge in [-0.1, -0.05) is 29.3 Å². The van der Waals surface area contributed by atoms with Crippen molar-refractivity contribution in [1.29, 1.82) is 0 Å². The van der Waals surface area contributed by atoms with Crippen LogP contribution in [0, 0.1) is 0 Å². The molecule has 0 N–H and O–H groups in total. The molecule has 0 saturated carbocycles. The van der Waals surface area contributed by atoms with Gasteiger partial charge in [0.25, 0.3) is 0 Å². The number of ether oxygens (including phenoxy) is 2. The van der Waals surface area contributed by atoms with Gasteiger partial charge in [-0.25, -0.2) is 0 Å². The summed E-state index contributed by atoms with van der Waals surface area (Å²) in [6.45, 7) is 2.45. The molecule has 20 heavy (non-hydrogen) atoms. The molecular weight excluding hydrogens is 324 g/mol. The maximum absolute atomic E-state index is 12.1. The van der Waals surface area contributed by atoms with Crippen LogP contribution in [0.3, 0.4) is 0 Å². The highest BCUT2D eigenvalue weighted by atomic mass is 79.9. The van der Waals surface area contributed by atoms with Crippen molar-refractivity contribution in [3.05, 3.63) is 28.2 Å². The molecule has 0 amide bonds. The number of ketones is 1. The highest BCUT2D eigenvalue weighted by Crippen LogP contribution is 2.24. The predicted molar refractivity (Wildman–Crippen MR) is 80.1 cm³/mol. The molecule has 0 fully saturated rings. The lowest BCUT2D eigenvalue weighted by molar-refractivity contribution is -0.143. The standard InChI is InChI=1S/C15H19BrO4/c1-3-4-9-20-15(18)8-7-14(17)12-10-11(19-2)5-6-13(12)16/h5-6,10H,3-4,7-9H2,1-2H3. The van der Waals surface area contributed by atoms with E-state index in [1.54, 1.807) is 25.3 Å². The molecule has 1 aromatic rings. The van der Waals surface area contributed by atoms with E-state index in [-0.39, 0.29) is 24.6 Å². The van der Waals surface area contributed by atoms with Crippen LogP contribution >= 0.6 is 15.9 Å². The number of benzene rings is 1. The van der Waals surface area contributed by atoms with Crippen LogP contribution in [-0.4, -0.2) is 25.5 Å². The highest BCUT2D eigenvalue weighted by Gasteiger charge is 2.14. The van der Waals surface area contributed by atoms with Gasteiger partial charge in [-0.3, -0.25) is 9.59 Å². The Kier molecular flexibility index (Phi) is 7.30. The van der Waals surface area contributed by atoms with E-state index in [1.807, 2.05) is 6.92 Å². The Bertz CT molecular complexity index is 471. The predicted octanol–water partition coefficient (Wildman–Crippen LogP) is 3.76. The molecule has 5 heteroatoms. The molecule has 1 rings (SSSR count). The molecule has 0 saturated heterocycles. The summed E-state index contributed by atoms with van der Waals surface area (Å²) in [7, 11) is 1.54. The first kappa shape index (κ1) is 16.7. The number of carbonyl (C=O) groups is 2. The van der Waals surface area contributed by atoms with Crippen molar-refractivity contribution in [2.75, 3.05) is 13.7 Å². The van der Waals surface area contributed by atoms with Gasteiger partial charge in [0.2, 0.25) is 0 Å². The summed E-state index contributed by atoms with van der Waals surface area (Å²) in [6.07, 6.45) is 2.06. The van der Waals surface area contributed by atoms with E-state index in [4.69, 9.17) is 9.47 Å². The van der Waals surface area contributed by atoms with Crippen LogP contribution < -0.4 is 4.74 Å². The van der Waals surface area contributed by atoms with Crippen LogP contribution in [0.4, 0.5) is 0 Å². The summed E-state index contributed by atoms with van der Waals surface area (Å²) in [5.74, 6) is 0.177. The summed E-state index contributed by atoms with van der Waals surface area (Å²) >= 11 is 3.33. The van der Waals surface area contributed by atoms with Crippen LogP contribution in [0.5, 0.6) is 5.75 Å². The van der Waals surface area contributed by atoms with Gasteiger partial charge in [0.05, 0.1) is 20.1 Å². The molecule has 0 radical (unpaired) electrons. The van der Waals surface area contributed by atoms with Crippen molar-refractivity contribution in [3.8, 4) is 5.75 Å². The lowest BCUT2D eigenvalue weighted by Crippen LogP contribution is -2.09. The summed E-state index contributed by atoms with van der Waals surface area (Å²) in [4.78, 5) is 23.5. The number of methoxy groups -OCH3 is 1. The fourth-order valence-electron chi connectivity index (χ4n) is 1.60. The van der Waals surface area contributed by atoms with E-state index in [0.29, 0.717) is 22.4 Å². The van der Waals surface area contributed by atoms with Crippen LogP contribution in [0.15, 0.2) is 22.7 Å². The second kappa shape index (κ2) is 8.74. The van der Waals surface area contributed by atoms with Crippen molar-refractivity contribution in [3.63, 3.8) is 0 Å². The van der Waals surface area contributed by atoms with Crippen LogP contribution in [0.2, 0.25) is 0 Å². The first-order valence-electron chi connectivity index (χ1n) is 6.60.